The zero-order valence-electron chi connectivity index (χ0n) is 13.9. The van der Waals surface area contributed by atoms with Crippen molar-refractivity contribution < 1.29 is 26.8 Å². The van der Waals surface area contributed by atoms with E-state index in [0.29, 0.717) is 22.6 Å². The second kappa shape index (κ2) is 7.04. The molecule has 3 rings (SSSR count). The molecule has 0 atom stereocenters. The Bertz CT molecular complexity index is 1020. The molecule has 0 fully saturated rings. The van der Waals surface area contributed by atoms with Crippen molar-refractivity contribution in [2.75, 3.05) is 18.9 Å². The molecule has 0 unspecified atom stereocenters. The first-order valence-corrected chi connectivity index (χ1v) is 8.88. The van der Waals surface area contributed by atoms with Crippen LogP contribution in [-0.4, -0.2) is 27.8 Å². The lowest BCUT2D eigenvalue weighted by Gasteiger charge is -2.10. The minimum Gasteiger partial charge on any atom is -0.493 e. The summed E-state index contributed by atoms with van der Waals surface area (Å²) in [6.45, 7) is 0. The fourth-order valence-corrected chi connectivity index (χ4v) is 3.32. The number of hydrogen-bond acceptors (Lipinski definition) is 6. The fourth-order valence-electron chi connectivity index (χ4n) is 2.32. The van der Waals surface area contributed by atoms with Gasteiger partial charge in [0.05, 0.1) is 30.9 Å². The number of benzene rings is 2. The van der Waals surface area contributed by atoms with E-state index in [0.717, 1.165) is 24.3 Å². The second-order valence-corrected chi connectivity index (χ2v) is 6.88. The molecule has 2 aromatic carbocycles. The summed E-state index contributed by atoms with van der Waals surface area (Å²) in [5, 5.41) is 3.65. The summed E-state index contributed by atoms with van der Waals surface area (Å²) in [4.78, 5) is -0.103. The fraction of sp³-hybridized carbons (Fsp3) is 0.118. The largest absolute Gasteiger partial charge is 0.493 e. The van der Waals surface area contributed by atoms with Gasteiger partial charge in [-0.05, 0) is 42.0 Å². The SMILES string of the molecule is COc1ccc(-c2cnoc2NS(=O)(=O)c2ccc(F)cc2)cc1OC. The first-order valence-electron chi connectivity index (χ1n) is 7.40. The molecule has 3 aromatic rings. The molecule has 0 bridgehead atoms. The maximum absolute atomic E-state index is 13.0. The van der Waals surface area contributed by atoms with Gasteiger partial charge in [-0.3, -0.25) is 0 Å². The van der Waals surface area contributed by atoms with Crippen molar-refractivity contribution in [3.05, 3.63) is 54.5 Å². The molecule has 0 saturated carbocycles. The molecule has 0 spiro atoms. The van der Waals surface area contributed by atoms with Gasteiger partial charge in [-0.25, -0.2) is 17.5 Å². The summed E-state index contributed by atoms with van der Waals surface area (Å²) in [6.07, 6.45) is 1.38. The molecule has 1 heterocycles. The Morgan fingerprint density at radius 2 is 1.73 bits per heavy atom. The van der Waals surface area contributed by atoms with Gasteiger partial charge in [0.15, 0.2) is 11.5 Å². The second-order valence-electron chi connectivity index (χ2n) is 5.20. The number of aromatic nitrogens is 1. The highest BCUT2D eigenvalue weighted by Gasteiger charge is 2.20. The van der Waals surface area contributed by atoms with E-state index in [4.69, 9.17) is 14.0 Å². The first-order chi connectivity index (χ1) is 12.4. The molecule has 9 heteroatoms. The lowest BCUT2D eigenvalue weighted by Crippen LogP contribution is -2.13. The van der Waals surface area contributed by atoms with Crippen LogP contribution < -0.4 is 14.2 Å². The Morgan fingerprint density at radius 3 is 2.38 bits per heavy atom. The topological polar surface area (TPSA) is 90.7 Å². The van der Waals surface area contributed by atoms with Gasteiger partial charge in [-0.15, -0.1) is 0 Å². The van der Waals surface area contributed by atoms with Crippen molar-refractivity contribution in [2.24, 2.45) is 0 Å². The molecule has 0 aliphatic carbocycles. The number of sulfonamides is 1. The molecule has 1 aromatic heterocycles. The summed E-state index contributed by atoms with van der Waals surface area (Å²) in [7, 11) is -0.959. The van der Waals surface area contributed by atoms with Crippen molar-refractivity contribution >= 4 is 15.9 Å². The zero-order valence-corrected chi connectivity index (χ0v) is 14.7. The summed E-state index contributed by atoms with van der Waals surface area (Å²) < 4.78 is 55.7. The third-order valence-electron chi connectivity index (χ3n) is 3.62. The van der Waals surface area contributed by atoms with E-state index in [2.05, 4.69) is 9.88 Å². The summed E-state index contributed by atoms with van der Waals surface area (Å²) >= 11 is 0. The van der Waals surface area contributed by atoms with E-state index < -0.39 is 15.8 Å². The number of hydrogen-bond donors (Lipinski definition) is 1. The Kier molecular flexibility index (Phi) is 4.81. The van der Waals surface area contributed by atoms with Crippen molar-refractivity contribution in [1.29, 1.82) is 0 Å². The first kappa shape index (κ1) is 17.7. The third kappa shape index (κ3) is 3.47. The normalized spacial score (nSPS) is 11.2. The van der Waals surface area contributed by atoms with Gasteiger partial charge in [-0.2, -0.15) is 0 Å². The van der Waals surface area contributed by atoms with Gasteiger partial charge in [0.25, 0.3) is 10.0 Å². The van der Waals surface area contributed by atoms with Crippen LogP contribution in [-0.2, 0) is 10.0 Å². The number of methoxy groups -OCH3 is 2. The molecule has 0 aliphatic rings. The minimum atomic E-state index is -3.97. The Morgan fingerprint density at radius 1 is 1.04 bits per heavy atom. The Hall–Kier alpha value is -3.07. The van der Waals surface area contributed by atoms with E-state index in [1.807, 2.05) is 0 Å². The molecule has 1 N–H and O–H groups in total. The van der Waals surface area contributed by atoms with Crippen LogP contribution in [0.5, 0.6) is 11.5 Å². The van der Waals surface area contributed by atoms with Crippen LogP contribution in [0.2, 0.25) is 0 Å². The number of ether oxygens (including phenoxy) is 2. The quantitative estimate of drug-likeness (QED) is 0.708. The molecule has 0 amide bonds. The number of halogens is 1. The van der Waals surface area contributed by atoms with E-state index >= 15 is 0 Å². The van der Waals surface area contributed by atoms with Crippen LogP contribution in [0, 0.1) is 5.82 Å². The van der Waals surface area contributed by atoms with Crippen molar-refractivity contribution in [2.45, 2.75) is 4.90 Å². The van der Waals surface area contributed by atoms with Gasteiger partial charge in [-0.1, -0.05) is 11.2 Å². The lowest BCUT2D eigenvalue weighted by atomic mass is 10.1. The maximum Gasteiger partial charge on any atom is 0.264 e. The van der Waals surface area contributed by atoms with Gasteiger partial charge >= 0.3 is 0 Å². The smallest absolute Gasteiger partial charge is 0.264 e. The van der Waals surface area contributed by atoms with Gasteiger partial charge in [0.2, 0.25) is 5.88 Å². The molecule has 26 heavy (non-hydrogen) atoms. The van der Waals surface area contributed by atoms with Crippen LogP contribution >= 0.6 is 0 Å². The van der Waals surface area contributed by atoms with Crippen LogP contribution in [0.15, 0.2) is 58.1 Å². The highest BCUT2D eigenvalue weighted by molar-refractivity contribution is 7.92. The molecule has 7 nitrogen and oxygen atoms in total. The zero-order chi connectivity index (χ0) is 18.7. The average Bonchev–Trinajstić information content (AvgIpc) is 3.08. The number of rotatable bonds is 6. The van der Waals surface area contributed by atoms with Crippen LogP contribution in [0.25, 0.3) is 11.1 Å². The number of nitrogens with zero attached hydrogens (tertiary/aromatic N) is 1. The lowest BCUT2D eigenvalue weighted by molar-refractivity contribution is 0.355. The number of nitrogens with one attached hydrogen (secondary N) is 1. The molecular formula is C17H15FN2O5S. The summed E-state index contributed by atoms with van der Waals surface area (Å²) in [5.74, 6) is 0.399. The molecule has 0 aliphatic heterocycles. The standard InChI is InChI=1S/C17H15FN2O5S/c1-23-15-8-3-11(9-16(15)24-2)14-10-19-25-17(14)20-26(21,22)13-6-4-12(18)5-7-13/h3-10,20H,1-2H3. The third-order valence-corrected chi connectivity index (χ3v) is 4.96. The van der Waals surface area contributed by atoms with Crippen molar-refractivity contribution in [3.63, 3.8) is 0 Å². The van der Waals surface area contributed by atoms with Gasteiger partial charge in [0.1, 0.15) is 5.82 Å². The maximum atomic E-state index is 13.0. The Labute approximate surface area is 149 Å². The van der Waals surface area contributed by atoms with Crippen molar-refractivity contribution in [3.8, 4) is 22.6 Å². The predicted molar refractivity (Wildman–Crippen MR) is 92.3 cm³/mol. The van der Waals surface area contributed by atoms with Crippen LogP contribution in [0.4, 0.5) is 10.3 Å². The summed E-state index contributed by atoms with van der Waals surface area (Å²) in [5.41, 5.74) is 1.03. The molecule has 0 saturated heterocycles. The van der Waals surface area contributed by atoms with E-state index in [1.54, 1.807) is 18.2 Å². The highest BCUT2D eigenvalue weighted by Crippen LogP contribution is 2.36. The number of anilines is 1. The summed E-state index contributed by atoms with van der Waals surface area (Å²) in [6, 6.07) is 9.49. The van der Waals surface area contributed by atoms with Gasteiger partial charge in [0, 0.05) is 0 Å². The monoisotopic (exact) mass is 378 g/mol. The molecule has 136 valence electrons. The molecule has 0 radical (unpaired) electrons. The van der Waals surface area contributed by atoms with E-state index in [1.165, 1.54) is 20.4 Å². The van der Waals surface area contributed by atoms with Crippen LogP contribution in [0.3, 0.4) is 0 Å². The van der Waals surface area contributed by atoms with E-state index in [9.17, 15) is 12.8 Å². The van der Waals surface area contributed by atoms with Crippen LogP contribution in [0.1, 0.15) is 0 Å². The van der Waals surface area contributed by atoms with Gasteiger partial charge < -0.3 is 14.0 Å². The highest BCUT2D eigenvalue weighted by atomic mass is 32.2. The Balaban J connectivity index is 1.95. The average molecular weight is 378 g/mol. The minimum absolute atomic E-state index is 0.0680. The van der Waals surface area contributed by atoms with Crippen molar-refractivity contribution in [1.82, 2.24) is 5.16 Å². The molecular weight excluding hydrogens is 363 g/mol. The predicted octanol–water partition coefficient (Wildman–Crippen LogP) is 3.30. The van der Waals surface area contributed by atoms with E-state index in [-0.39, 0.29) is 10.8 Å².